The molecule has 1 atom stereocenters. The van der Waals surface area contributed by atoms with E-state index >= 15 is 0 Å². The molecule has 1 N–H and O–H groups in total. The van der Waals surface area contributed by atoms with Crippen molar-refractivity contribution >= 4 is 5.91 Å². The molecule has 0 saturated carbocycles. The number of carbonyl (C=O) groups is 1. The van der Waals surface area contributed by atoms with E-state index in [2.05, 4.69) is 10.4 Å². The van der Waals surface area contributed by atoms with Gasteiger partial charge in [-0.1, -0.05) is 19.1 Å². The van der Waals surface area contributed by atoms with Crippen molar-refractivity contribution in [3.8, 4) is 0 Å². The third-order valence-corrected chi connectivity index (χ3v) is 2.95. The first kappa shape index (κ1) is 13.3. The summed E-state index contributed by atoms with van der Waals surface area (Å²) < 4.78 is 14.4. The molecule has 0 spiro atoms. The minimum Gasteiger partial charge on any atom is -0.350 e. The van der Waals surface area contributed by atoms with Crippen LogP contribution in [0.1, 0.15) is 28.9 Å². The summed E-state index contributed by atoms with van der Waals surface area (Å²) >= 11 is 0. The lowest BCUT2D eigenvalue weighted by Crippen LogP contribution is -2.28. The SMILES string of the molecule is CC(CNC(=O)c1ccn(C)n1)c1ccc(F)cc1. The van der Waals surface area contributed by atoms with Crippen molar-refractivity contribution in [3.05, 3.63) is 53.6 Å². The highest BCUT2D eigenvalue weighted by Gasteiger charge is 2.11. The van der Waals surface area contributed by atoms with E-state index in [0.29, 0.717) is 12.2 Å². The van der Waals surface area contributed by atoms with E-state index in [9.17, 15) is 9.18 Å². The van der Waals surface area contributed by atoms with Crippen LogP contribution in [0.2, 0.25) is 0 Å². The largest absolute Gasteiger partial charge is 0.350 e. The van der Waals surface area contributed by atoms with Crippen molar-refractivity contribution in [2.45, 2.75) is 12.8 Å². The smallest absolute Gasteiger partial charge is 0.271 e. The zero-order valence-electron chi connectivity index (χ0n) is 10.9. The molecular formula is C14H16FN3O. The molecule has 1 heterocycles. The number of carbonyl (C=O) groups excluding carboxylic acids is 1. The van der Waals surface area contributed by atoms with E-state index in [1.165, 1.54) is 12.1 Å². The number of nitrogens with one attached hydrogen (secondary N) is 1. The second-order valence-electron chi connectivity index (χ2n) is 4.54. The number of rotatable bonds is 4. The van der Waals surface area contributed by atoms with Crippen molar-refractivity contribution in [2.75, 3.05) is 6.54 Å². The maximum Gasteiger partial charge on any atom is 0.271 e. The lowest BCUT2D eigenvalue weighted by molar-refractivity contribution is 0.0946. The molecule has 2 aromatic rings. The van der Waals surface area contributed by atoms with E-state index in [1.807, 2.05) is 6.92 Å². The number of aryl methyl sites for hydroxylation is 1. The van der Waals surface area contributed by atoms with Crippen LogP contribution in [-0.2, 0) is 7.05 Å². The normalized spacial score (nSPS) is 12.2. The highest BCUT2D eigenvalue weighted by atomic mass is 19.1. The molecule has 0 aliphatic carbocycles. The monoisotopic (exact) mass is 261 g/mol. The van der Waals surface area contributed by atoms with Gasteiger partial charge in [0, 0.05) is 19.8 Å². The molecule has 0 aliphatic heterocycles. The Morgan fingerprint density at radius 2 is 2.05 bits per heavy atom. The van der Waals surface area contributed by atoms with Crippen LogP contribution in [0, 0.1) is 5.82 Å². The topological polar surface area (TPSA) is 46.9 Å². The zero-order valence-corrected chi connectivity index (χ0v) is 10.9. The number of amides is 1. The lowest BCUT2D eigenvalue weighted by atomic mass is 10.0. The van der Waals surface area contributed by atoms with Gasteiger partial charge in [0.05, 0.1) is 0 Å². The van der Waals surface area contributed by atoms with Crippen molar-refractivity contribution in [3.63, 3.8) is 0 Å². The fourth-order valence-corrected chi connectivity index (χ4v) is 1.78. The van der Waals surface area contributed by atoms with Gasteiger partial charge in [0.25, 0.3) is 5.91 Å². The second-order valence-corrected chi connectivity index (χ2v) is 4.54. The Hall–Kier alpha value is -2.17. The van der Waals surface area contributed by atoms with Gasteiger partial charge in [-0.15, -0.1) is 0 Å². The summed E-state index contributed by atoms with van der Waals surface area (Å²) in [6.07, 6.45) is 1.72. The van der Waals surface area contributed by atoms with E-state index in [0.717, 1.165) is 5.56 Å². The Bertz CT molecular complexity index is 562. The molecule has 0 aliphatic rings. The molecule has 0 bridgehead atoms. The second kappa shape index (κ2) is 5.65. The van der Waals surface area contributed by atoms with Gasteiger partial charge < -0.3 is 5.32 Å². The van der Waals surface area contributed by atoms with Crippen LogP contribution in [0.5, 0.6) is 0 Å². The number of benzene rings is 1. The standard InChI is InChI=1S/C14H16FN3O/c1-10(11-3-5-12(15)6-4-11)9-16-14(19)13-7-8-18(2)17-13/h3-8,10H,9H2,1-2H3,(H,16,19). The molecule has 5 heteroatoms. The molecular weight excluding hydrogens is 245 g/mol. The summed E-state index contributed by atoms with van der Waals surface area (Å²) in [5, 5.41) is 6.84. The average molecular weight is 261 g/mol. The summed E-state index contributed by atoms with van der Waals surface area (Å²) in [4.78, 5) is 11.8. The van der Waals surface area contributed by atoms with Gasteiger partial charge >= 0.3 is 0 Å². The molecule has 0 fully saturated rings. The van der Waals surface area contributed by atoms with Crippen molar-refractivity contribution in [1.82, 2.24) is 15.1 Å². The predicted molar refractivity (Wildman–Crippen MR) is 70.4 cm³/mol. The summed E-state index contributed by atoms with van der Waals surface area (Å²) in [6.45, 7) is 2.47. The Balaban J connectivity index is 1.91. The van der Waals surface area contributed by atoms with Crippen LogP contribution >= 0.6 is 0 Å². The van der Waals surface area contributed by atoms with Crippen LogP contribution in [0.15, 0.2) is 36.5 Å². The molecule has 2 rings (SSSR count). The molecule has 1 aromatic heterocycles. The Morgan fingerprint density at radius 1 is 1.37 bits per heavy atom. The van der Waals surface area contributed by atoms with E-state index in [-0.39, 0.29) is 17.6 Å². The maximum absolute atomic E-state index is 12.8. The summed E-state index contributed by atoms with van der Waals surface area (Å²) in [5.74, 6) is -0.337. The first-order valence-corrected chi connectivity index (χ1v) is 6.09. The highest BCUT2D eigenvalue weighted by molar-refractivity contribution is 5.92. The molecule has 19 heavy (non-hydrogen) atoms. The number of aromatic nitrogens is 2. The van der Waals surface area contributed by atoms with Gasteiger partial charge in [-0.05, 0) is 29.7 Å². The predicted octanol–water partition coefficient (Wildman–Crippen LogP) is 2.09. The first-order chi connectivity index (χ1) is 9.06. The Kier molecular flexibility index (Phi) is 3.94. The van der Waals surface area contributed by atoms with Crippen molar-refractivity contribution in [2.24, 2.45) is 7.05 Å². The van der Waals surface area contributed by atoms with Gasteiger partial charge in [-0.3, -0.25) is 9.48 Å². The third-order valence-electron chi connectivity index (χ3n) is 2.95. The Morgan fingerprint density at radius 3 is 2.63 bits per heavy atom. The average Bonchev–Trinajstić information content (AvgIpc) is 2.83. The van der Waals surface area contributed by atoms with Gasteiger partial charge in [0.2, 0.25) is 0 Å². The van der Waals surface area contributed by atoms with Crippen molar-refractivity contribution < 1.29 is 9.18 Å². The summed E-state index contributed by atoms with van der Waals surface area (Å²) in [6, 6.07) is 7.97. The first-order valence-electron chi connectivity index (χ1n) is 6.09. The molecule has 1 amide bonds. The molecule has 0 saturated heterocycles. The number of hydrogen-bond donors (Lipinski definition) is 1. The molecule has 1 aromatic carbocycles. The molecule has 100 valence electrons. The van der Waals surface area contributed by atoms with Crippen molar-refractivity contribution in [1.29, 1.82) is 0 Å². The fourth-order valence-electron chi connectivity index (χ4n) is 1.78. The summed E-state index contributed by atoms with van der Waals surface area (Å²) in [5.41, 5.74) is 1.39. The van der Waals surface area contributed by atoms with Gasteiger partial charge in [-0.25, -0.2) is 4.39 Å². The van der Waals surface area contributed by atoms with Crippen LogP contribution in [-0.4, -0.2) is 22.2 Å². The molecule has 0 radical (unpaired) electrons. The quantitative estimate of drug-likeness (QED) is 0.916. The minimum absolute atomic E-state index is 0.119. The van der Waals surface area contributed by atoms with E-state index in [4.69, 9.17) is 0 Å². The third kappa shape index (κ3) is 3.40. The van der Waals surface area contributed by atoms with Gasteiger partial charge in [-0.2, -0.15) is 5.10 Å². The fraction of sp³-hybridized carbons (Fsp3) is 0.286. The lowest BCUT2D eigenvalue weighted by Gasteiger charge is -2.12. The van der Waals surface area contributed by atoms with Crippen LogP contribution in [0.4, 0.5) is 4.39 Å². The van der Waals surface area contributed by atoms with Crippen LogP contribution in [0.25, 0.3) is 0 Å². The van der Waals surface area contributed by atoms with Gasteiger partial charge in [0.15, 0.2) is 0 Å². The van der Waals surface area contributed by atoms with Gasteiger partial charge in [0.1, 0.15) is 11.5 Å². The Labute approximate surface area is 111 Å². The minimum atomic E-state index is -0.256. The maximum atomic E-state index is 12.8. The number of nitrogens with zero attached hydrogens (tertiary/aromatic N) is 2. The summed E-state index contributed by atoms with van der Waals surface area (Å²) in [7, 11) is 1.76. The van der Waals surface area contributed by atoms with E-state index in [1.54, 1.807) is 36.1 Å². The van der Waals surface area contributed by atoms with Crippen LogP contribution < -0.4 is 5.32 Å². The number of hydrogen-bond acceptors (Lipinski definition) is 2. The highest BCUT2D eigenvalue weighted by Crippen LogP contribution is 2.14. The number of halogens is 1. The zero-order chi connectivity index (χ0) is 13.8. The van der Waals surface area contributed by atoms with E-state index < -0.39 is 0 Å². The van der Waals surface area contributed by atoms with Crippen LogP contribution in [0.3, 0.4) is 0 Å². The molecule has 4 nitrogen and oxygen atoms in total. The molecule has 1 unspecified atom stereocenters.